The van der Waals surface area contributed by atoms with Crippen LogP contribution in [0.1, 0.15) is 6.42 Å². The van der Waals surface area contributed by atoms with Gasteiger partial charge >= 0.3 is 0 Å². The van der Waals surface area contributed by atoms with E-state index >= 15 is 0 Å². The van der Waals surface area contributed by atoms with E-state index in [0.717, 1.165) is 4.90 Å². The Labute approximate surface area is 155 Å². The van der Waals surface area contributed by atoms with Gasteiger partial charge in [-0.1, -0.05) is 11.6 Å². The van der Waals surface area contributed by atoms with Gasteiger partial charge in [-0.2, -0.15) is 0 Å². The van der Waals surface area contributed by atoms with Crippen LogP contribution >= 0.6 is 23.4 Å². The Hall–Kier alpha value is -1.90. The lowest BCUT2D eigenvalue weighted by Gasteiger charge is -2.14. The first kappa shape index (κ1) is 17.9. The molecule has 0 aromatic heterocycles. The molecule has 0 radical (unpaired) electrons. The summed E-state index contributed by atoms with van der Waals surface area (Å²) in [5.74, 6) is 0.875. The van der Waals surface area contributed by atoms with E-state index in [1.54, 1.807) is 18.2 Å². The number of amides is 1. The molecule has 0 aliphatic carbocycles. The number of carbonyl (C=O) groups excluding carboxylic acids is 1. The Morgan fingerprint density at radius 2 is 2.04 bits per heavy atom. The van der Waals surface area contributed by atoms with Crippen molar-refractivity contribution in [1.29, 1.82) is 0 Å². The predicted octanol–water partition coefficient (Wildman–Crippen LogP) is 3.58. The number of sulfonamides is 1. The Morgan fingerprint density at radius 1 is 1.24 bits per heavy atom. The largest absolute Gasteiger partial charge is 0.495 e. The number of fused-ring (bicyclic) bond motifs is 1. The van der Waals surface area contributed by atoms with Crippen LogP contribution in [0.5, 0.6) is 5.75 Å². The van der Waals surface area contributed by atoms with Crippen LogP contribution < -0.4 is 14.8 Å². The Morgan fingerprint density at radius 3 is 2.80 bits per heavy atom. The number of rotatable bonds is 4. The first-order valence-corrected chi connectivity index (χ1v) is 10.2. The van der Waals surface area contributed by atoms with Crippen molar-refractivity contribution in [2.24, 2.45) is 0 Å². The standard InChI is InChI=1S/C16H15ClN2O4S2/c1-23-14-4-2-10(17)8-12(14)19-25(21,22)11-3-5-15-13(9-11)18-16(20)6-7-24-15/h2-5,8-9,19H,6-7H2,1H3,(H,18,20). The van der Waals surface area contributed by atoms with E-state index in [1.807, 2.05) is 0 Å². The third kappa shape index (κ3) is 4.02. The van der Waals surface area contributed by atoms with Gasteiger partial charge in [0, 0.05) is 22.1 Å². The number of carbonyl (C=O) groups is 1. The highest BCUT2D eigenvalue weighted by atomic mass is 35.5. The van der Waals surface area contributed by atoms with Crippen LogP contribution in [0, 0.1) is 0 Å². The number of ether oxygens (including phenoxy) is 1. The minimum absolute atomic E-state index is 0.0380. The molecule has 2 aromatic carbocycles. The third-order valence-electron chi connectivity index (χ3n) is 3.53. The predicted molar refractivity (Wildman–Crippen MR) is 99.2 cm³/mol. The van der Waals surface area contributed by atoms with Crippen molar-refractivity contribution in [3.63, 3.8) is 0 Å². The highest BCUT2D eigenvalue weighted by Crippen LogP contribution is 2.34. The summed E-state index contributed by atoms with van der Waals surface area (Å²) in [6, 6.07) is 9.30. The first-order valence-electron chi connectivity index (χ1n) is 7.32. The van der Waals surface area contributed by atoms with Crippen LogP contribution in [-0.4, -0.2) is 27.2 Å². The van der Waals surface area contributed by atoms with Gasteiger partial charge in [-0.25, -0.2) is 8.42 Å². The molecule has 0 fully saturated rings. The van der Waals surface area contributed by atoms with Crippen molar-refractivity contribution in [1.82, 2.24) is 0 Å². The minimum Gasteiger partial charge on any atom is -0.495 e. The lowest BCUT2D eigenvalue weighted by Crippen LogP contribution is -2.15. The summed E-state index contributed by atoms with van der Waals surface area (Å²) in [6.45, 7) is 0. The molecule has 0 bridgehead atoms. The number of methoxy groups -OCH3 is 1. The van der Waals surface area contributed by atoms with Gasteiger partial charge in [-0.15, -0.1) is 11.8 Å². The van der Waals surface area contributed by atoms with Gasteiger partial charge in [-0.05, 0) is 36.4 Å². The van der Waals surface area contributed by atoms with Crippen molar-refractivity contribution in [2.75, 3.05) is 22.9 Å². The number of hydrogen-bond donors (Lipinski definition) is 2. The van der Waals surface area contributed by atoms with E-state index in [9.17, 15) is 13.2 Å². The number of benzene rings is 2. The summed E-state index contributed by atoms with van der Waals surface area (Å²) < 4.78 is 33.0. The zero-order chi connectivity index (χ0) is 18.0. The number of halogens is 1. The highest BCUT2D eigenvalue weighted by molar-refractivity contribution is 7.99. The van der Waals surface area contributed by atoms with Crippen molar-refractivity contribution >= 4 is 50.7 Å². The van der Waals surface area contributed by atoms with Crippen LogP contribution in [0.4, 0.5) is 11.4 Å². The van der Waals surface area contributed by atoms with Gasteiger partial charge in [0.05, 0.1) is 23.4 Å². The lowest BCUT2D eigenvalue weighted by molar-refractivity contribution is -0.115. The molecule has 1 aliphatic heterocycles. The Kier molecular flexibility index (Phi) is 5.12. The van der Waals surface area contributed by atoms with Gasteiger partial charge in [0.1, 0.15) is 5.75 Å². The maximum atomic E-state index is 12.7. The molecule has 0 saturated carbocycles. The van der Waals surface area contributed by atoms with Gasteiger partial charge in [0.15, 0.2) is 0 Å². The van der Waals surface area contributed by atoms with E-state index in [4.69, 9.17) is 16.3 Å². The quantitative estimate of drug-likeness (QED) is 0.822. The molecule has 2 aromatic rings. The van der Waals surface area contributed by atoms with Crippen molar-refractivity contribution in [3.8, 4) is 5.75 Å². The summed E-state index contributed by atoms with van der Waals surface area (Å²) in [7, 11) is -2.43. The summed E-state index contributed by atoms with van der Waals surface area (Å²) in [5, 5.41) is 3.11. The maximum Gasteiger partial charge on any atom is 0.262 e. The van der Waals surface area contributed by atoms with Gasteiger partial charge in [-0.3, -0.25) is 9.52 Å². The molecule has 25 heavy (non-hydrogen) atoms. The smallest absolute Gasteiger partial charge is 0.262 e. The molecule has 0 unspecified atom stereocenters. The van der Waals surface area contributed by atoms with E-state index < -0.39 is 10.0 Å². The summed E-state index contributed by atoms with van der Waals surface area (Å²) >= 11 is 7.45. The minimum atomic E-state index is -3.87. The average Bonchev–Trinajstić information content (AvgIpc) is 2.74. The second-order valence-corrected chi connectivity index (χ2v) is 8.51. The zero-order valence-corrected chi connectivity index (χ0v) is 15.6. The molecule has 3 rings (SSSR count). The molecule has 1 heterocycles. The number of thioether (sulfide) groups is 1. The summed E-state index contributed by atoms with van der Waals surface area (Å²) in [6.07, 6.45) is 0.388. The SMILES string of the molecule is COc1ccc(Cl)cc1NS(=O)(=O)c1ccc2c(c1)NC(=O)CCS2. The molecule has 2 N–H and O–H groups in total. The maximum absolute atomic E-state index is 12.7. The summed E-state index contributed by atoms with van der Waals surface area (Å²) in [5.41, 5.74) is 0.733. The molecule has 0 atom stereocenters. The molecule has 6 nitrogen and oxygen atoms in total. The lowest BCUT2D eigenvalue weighted by atomic mass is 10.3. The Bertz CT molecular complexity index is 932. The second-order valence-electron chi connectivity index (χ2n) is 5.25. The molecule has 9 heteroatoms. The van der Waals surface area contributed by atoms with Gasteiger partial charge in [0.25, 0.3) is 10.0 Å². The van der Waals surface area contributed by atoms with Crippen molar-refractivity contribution in [2.45, 2.75) is 16.2 Å². The fraction of sp³-hybridized carbons (Fsp3) is 0.188. The van der Waals surface area contributed by atoms with E-state index in [0.29, 0.717) is 28.6 Å². The second kappa shape index (κ2) is 7.15. The molecule has 1 aliphatic rings. The van der Waals surface area contributed by atoms with Crippen LogP contribution in [0.25, 0.3) is 0 Å². The monoisotopic (exact) mass is 398 g/mol. The van der Waals surface area contributed by atoms with Crippen LogP contribution in [0.2, 0.25) is 5.02 Å². The fourth-order valence-electron chi connectivity index (χ4n) is 2.33. The normalized spacial score (nSPS) is 14.2. The number of nitrogens with one attached hydrogen (secondary N) is 2. The molecule has 1 amide bonds. The number of hydrogen-bond acceptors (Lipinski definition) is 5. The molecular formula is C16H15ClN2O4S2. The first-order chi connectivity index (χ1) is 11.9. The summed E-state index contributed by atoms with van der Waals surface area (Å²) in [4.78, 5) is 12.6. The Balaban J connectivity index is 1.96. The topological polar surface area (TPSA) is 84.5 Å². The van der Waals surface area contributed by atoms with Crippen LogP contribution in [0.15, 0.2) is 46.2 Å². The molecule has 0 spiro atoms. The van der Waals surface area contributed by atoms with E-state index in [1.165, 1.54) is 37.1 Å². The van der Waals surface area contributed by atoms with Gasteiger partial charge < -0.3 is 10.1 Å². The van der Waals surface area contributed by atoms with Gasteiger partial charge in [0.2, 0.25) is 5.91 Å². The van der Waals surface area contributed by atoms with Crippen LogP contribution in [0.3, 0.4) is 0 Å². The fourth-order valence-corrected chi connectivity index (χ4v) is 4.53. The molecule has 132 valence electrons. The van der Waals surface area contributed by atoms with Crippen molar-refractivity contribution in [3.05, 3.63) is 41.4 Å². The number of anilines is 2. The zero-order valence-electron chi connectivity index (χ0n) is 13.2. The molecule has 0 saturated heterocycles. The van der Waals surface area contributed by atoms with Crippen molar-refractivity contribution < 1.29 is 17.9 Å². The van der Waals surface area contributed by atoms with E-state index in [2.05, 4.69) is 10.0 Å². The van der Waals surface area contributed by atoms with Crippen LogP contribution in [-0.2, 0) is 14.8 Å². The molecular weight excluding hydrogens is 384 g/mol. The van der Waals surface area contributed by atoms with E-state index in [-0.39, 0.29) is 16.5 Å². The third-order valence-corrected chi connectivity index (χ3v) is 6.20. The average molecular weight is 399 g/mol. The highest BCUT2D eigenvalue weighted by Gasteiger charge is 2.20.